The molecule has 1 saturated heterocycles. The van der Waals surface area contributed by atoms with E-state index in [0.29, 0.717) is 6.61 Å². The van der Waals surface area contributed by atoms with Crippen molar-refractivity contribution in [1.29, 1.82) is 0 Å². The Hall–Kier alpha value is -1.26. The van der Waals surface area contributed by atoms with Crippen LogP contribution in [0, 0.1) is 0 Å². The smallest absolute Gasteiger partial charge is 0.163 e. The van der Waals surface area contributed by atoms with E-state index >= 15 is 0 Å². The molecule has 0 aromatic heterocycles. The number of benzene rings is 1. The zero-order chi connectivity index (χ0) is 13.2. The molecule has 1 atom stereocenters. The lowest BCUT2D eigenvalue weighted by atomic mass is 10.1. The van der Waals surface area contributed by atoms with E-state index in [4.69, 9.17) is 18.9 Å². The first-order chi connectivity index (χ1) is 8.54. The van der Waals surface area contributed by atoms with E-state index in [1.54, 1.807) is 14.2 Å². The number of hydrogen-bond acceptors (Lipinski definition) is 4. The first-order valence-corrected chi connectivity index (χ1v) is 6.07. The van der Waals surface area contributed by atoms with Gasteiger partial charge in [0.1, 0.15) is 0 Å². The van der Waals surface area contributed by atoms with Gasteiger partial charge in [0.15, 0.2) is 17.3 Å². The van der Waals surface area contributed by atoms with Crippen molar-refractivity contribution in [3.8, 4) is 11.5 Å². The summed E-state index contributed by atoms with van der Waals surface area (Å²) in [5.41, 5.74) is 1.15. The van der Waals surface area contributed by atoms with Gasteiger partial charge in [0.05, 0.1) is 26.9 Å². The Morgan fingerprint density at radius 1 is 1.22 bits per heavy atom. The third kappa shape index (κ3) is 2.94. The van der Waals surface area contributed by atoms with Crippen molar-refractivity contribution >= 4 is 0 Å². The van der Waals surface area contributed by atoms with Crippen LogP contribution in [0.25, 0.3) is 0 Å². The molecule has 18 heavy (non-hydrogen) atoms. The second-order valence-corrected chi connectivity index (χ2v) is 4.84. The highest BCUT2D eigenvalue weighted by Gasteiger charge is 2.32. The van der Waals surface area contributed by atoms with Gasteiger partial charge in [0.25, 0.3) is 0 Å². The summed E-state index contributed by atoms with van der Waals surface area (Å²) in [6, 6.07) is 5.92. The molecule has 4 nitrogen and oxygen atoms in total. The number of hydrogen-bond donors (Lipinski definition) is 0. The summed E-state index contributed by atoms with van der Waals surface area (Å²) in [4.78, 5) is 0. The van der Waals surface area contributed by atoms with Crippen LogP contribution < -0.4 is 9.47 Å². The fourth-order valence-electron chi connectivity index (χ4n) is 2.13. The molecule has 0 bridgehead atoms. The molecule has 100 valence electrons. The van der Waals surface area contributed by atoms with Crippen LogP contribution in [-0.4, -0.2) is 32.7 Å². The molecule has 1 unspecified atom stereocenters. The SMILES string of the molecule is COc1ccc(CC2COC(C)(C)O2)cc1OC. The van der Waals surface area contributed by atoms with Gasteiger partial charge < -0.3 is 18.9 Å². The van der Waals surface area contributed by atoms with Gasteiger partial charge in [-0.3, -0.25) is 0 Å². The first kappa shape index (κ1) is 13.2. The fourth-order valence-corrected chi connectivity index (χ4v) is 2.13. The summed E-state index contributed by atoms with van der Waals surface area (Å²) in [5, 5.41) is 0. The maximum Gasteiger partial charge on any atom is 0.163 e. The van der Waals surface area contributed by atoms with Crippen LogP contribution in [0.3, 0.4) is 0 Å². The van der Waals surface area contributed by atoms with E-state index in [9.17, 15) is 0 Å². The Balaban J connectivity index is 2.06. The topological polar surface area (TPSA) is 36.9 Å². The van der Waals surface area contributed by atoms with Crippen LogP contribution >= 0.6 is 0 Å². The van der Waals surface area contributed by atoms with Crippen molar-refractivity contribution in [1.82, 2.24) is 0 Å². The molecule has 2 rings (SSSR count). The van der Waals surface area contributed by atoms with Crippen molar-refractivity contribution in [3.05, 3.63) is 23.8 Å². The Kier molecular flexibility index (Phi) is 3.78. The highest BCUT2D eigenvalue weighted by molar-refractivity contribution is 5.43. The molecule has 1 aliphatic rings. The third-order valence-electron chi connectivity index (χ3n) is 2.98. The summed E-state index contributed by atoms with van der Waals surface area (Å²) in [6.07, 6.45) is 0.905. The van der Waals surface area contributed by atoms with E-state index in [-0.39, 0.29) is 6.10 Å². The quantitative estimate of drug-likeness (QED) is 0.824. The third-order valence-corrected chi connectivity index (χ3v) is 2.98. The lowest BCUT2D eigenvalue weighted by Crippen LogP contribution is -2.22. The van der Waals surface area contributed by atoms with E-state index in [2.05, 4.69) is 0 Å². The van der Waals surface area contributed by atoms with Gasteiger partial charge in [-0.15, -0.1) is 0 Å². The molecule has 1 aromatic rings. The molecular formula is C14H20O4. The van der Waals surface area contributed by atoms with Crippen molar-refractivity contribution in [2.24, 2.45) is 0 Å². The van der Waals surface area contributed by atoms with Crippen LogP contribution in [0.2, 0.25) is 0 Å². The summed E-state index contributed by atoms with van der Waals surface area (Å²) in [5.74, 6) is 1.01. The van der Waals surface area contributed by atoms with Gasteiger partial charge in [0.2, 0.25) is 0 Å². The van der Waals surface area contributed by atoms with Gasteiger partial charge in [-0.05, 0) is 31.5 Å². The number of rotatable bonds is 4. The maximum atomic E-state index is 5.79. The molecule has 1 heterocycles. The number of methoxy groups -OCH3 is 2. The van der Waals surface area contributed by atoms with Gasteiger partial charge >= 0.3 is 0 Å². The highest BCUT2D eigenvalue weighted by Crippen LogP contribution is 2.30. The average Bonchev–Trinajstić information content (AvgIpc) is 2.68. The monoisotopic (exact) mass is 252 g/mol. The van der Waals surface area contributed by atoms with Crippen LogP contribution in [0.4, 0.5) is 0 Å². The minimum absolute atomic E-state index is 0.0955. The first-order valence-electron chi connectivity index (χ1n) is 6.07. The predicted molar refractivity (Wildman–Crippen MR) is 68.2 cm³/mol. The maximum absolute atomic E-state index is 5.79. The summed E-state index contributed by atoms with van der Waals surface area (Å²) in [6.45, 7) is 4.49. The standard InChI is InChI=1S/C14H20O4/c1-14(2)17-9-11(18-14)7-10-5-6-12(15-3)13(8-10)16-4/h5-6,8,11H,7,9H2,1-4H3. The fraction of sp³-hybridized carbons (Fsp3) is 0.571. The van der Waals surface area contributed by atoms with E-state index in [1.807, 2.05) is 32.0 Å². The van der Waals surface area contributed by atoms with Gasteiger partial charge in [-0.2, -0.15) is 0 Å². The zero-order valence-electron chi connectivity index (χ0n) is 11.4. The average molecular weight is 252 g/mol. The molecule has 1 aromatic carbocycles. The van der Waals surface area contributed by atoms with Gasteiger partial charge in [-0.25, -0.2) is 0 Å². The van der Waals surface area contributed by atoms with Crippen molar-refractivity contribution in [2.45, 2.75) is 32.2 Å². The lowest BCUT2D eigenvalue weighted by Gasteiger charge is -2.17. The summed E-state index contributed by atoms with van der Waals surface area (Å²) >= 11 is 0. The Labute approximate surface area is 108 Å². The molecule has 4 heteroatoms. The van der Waals surface area contributed by atoms with Gasteiger partial charge in [-0.1, -0.05) is 6.07 Å². The molecule has 0 radical (unpaired) electrons. The molecular weight excluding hydrogens is 232 g/mol. The van der Waals surface area contributed by atoms with E-state index < -0.39 is 5.79 Å². The Bertz CT molecular complexity index is 414. The highest BCUT2D eigenvalue weighted by atomic mass is 16.7. The van der Waals surface area contributed by atoms with E-state index in [0.717, 1.165) is 23.5 Å². The summed E-state index contributed by atoms with van der Waals surface area (Å²) in [7, 11) is 3.27. The molecule has 0 saturated carbocycles. The zero-order valence-corrected chi connectivity index (χ0v) is 11.4. The minimum Gasteiger partial charge on any atom is -0.493 e. The predicted octanol–water partition coefficient (Wildman–Crippen LogP) is 2.40. The van der Waals surface area contributed by atoms with E-state index in [1.165, 1.54) is 0 Å². The van der Waals surface area contributed by atoms with Gasteiger partial charge in [0, 0.05) is 6.42 Å². The molecule has 1 aliphatic heterocycles. The second kappa shape index (κ2) is 5.16. The molecule has 1 fully saturated rings. The van der Waals surface area contributed by atoms with Crippen molar-refractivity contribution in [2.75, 3.05) is 20.8 Å². The molecule has 0 N–H and O–H groups in total. The number of ether oxygens (including phenoxy) is 4. The van der Waals surface area contributed by atoms with Crippen LogP contribution in [0.15, 0.2) is 18.2 Å². The lowest BCUT2D eigenvalue weighted by molar-refractivity contribution is -0.138. The summed E-state index contributed by atoms with van der Waals surface area (Å²) < 4.78 is 21.8. The molecule has 0 spiro atoms. The van der Waals surface area contributed by atoms with Crippen molar-refractivity contribution in [3.63, 3.8) is 0 Å². The molecule has 0 aliphatic carbocycles. The Morgan fingerprint density at radius 3 is 2.50 bits per heavy atom. The minimum atomic E-state index is -0.471. The Morgan fingerprint density at radius 2 is 1.94 bits per heavy atom. The van der Waals surface area contributed by atoms with Crippen LogP contribution in [-0.2, 0) is 15.9 Å². The second-order valence-electron chi connectivity index (χ2n) is 4.84. The largest absolute Gasteiger partial charge is 0.493 e. The normalized spacial score (nSPS) is 21.9. The van der Waals surface area contributed by atoms with Crippen molar-refractivity contribution < 1.29 is 18.9 Å². The van der Waals surface area contributed by atoms with Crippen LogP contribution in [0.5, 0.6) is 11.5 Å². The van der Waals surface area contributed by atoms with Crippen LogP contribution in [0.1, 0.15) is 19.4 Å². The molecule has 0 amide bonds.